The number of benzene rings is 1. The van der Waals surface area contributed by atoms with Gasteiger partial charge in [0.2, 0.25) is 0 Å². The van der Waals surface area contributed by atoms with Crippen molar-refractivity contribution in [1.29, 1.82) is 0 Å². The first-order chi connectivity index (χ1) is 11.3. The number of halogens is 4. The van der Waals surface area contributed by atoms with Crippen molar-refractivity contribution < 1.29 is 8.78 Å². The topological polar surface area (TPSA) is 30.7 Å². The highest BCUT2D eigenvalue weighted by atomic mass is 35.5. The van der Waals surface area contributed by atoms with Crippen molar-refractivity contribution in [3.63, 3.8) is 0 Å². The average Bonchev–Trinajstić information content (AvgIpc) is 2.94. The summed E-state index contributed by atoms with van der Waals surface area (Å²) in [6, 6.07) is 8.03. The molecule has 0 N–H and O–H groups in total. The molecule has 0 spiro atoms. The van der Waals surface area contributed by atoms with Crippen LogP contribution in [-0.4, -0.2) is 14.8 Å². The Balaban J connectivity index is 1.84. The lowest BCUT2D eigenvalue weighted by Gasteiger charge is -2.13. The third-order valence-corrected chi connectivity index (χ3v) is 4.00. The molecule has 0 fully saturated rings. The van der Waals surface area contributed by atoms with E-state index in [2.05, 4.69) is 10.1 Å². The largest absolute Gasteiger partial charge is 0.271 e. The summed E-state index contributed by atoms with van der Waals surface area (Å²) in [5.41, 5.74) is 2.04. The Labute approximate surface area is 147 Å². The molecule has 2 aromatic heterocycles. The molecule has 0 unspecified atom stereocenters. The maximum atomic E-state index is 13.4. The summed E-state index contributed by atoms with van der Waals surface area (Å²) in [4.78, 5) is 4.03. The number of aromatic nitrogens is 3. The minimum Gasteiger partial charge on any atom is -0.268 e. The van der Waals surface area contributed by atoms with Crippen molar-refractivity contribution in [3.8, 4) is 11.3 Å². The highest BCUT2D eigenvalue weighted by Crippen LogP contribution is 2.35. The first-order valence-electron chi connectivity index (χ1n) is 7.14. The molecular weight excluding hydrogens is 355 g/mol. The molecule has 0 aliphatic carbocycles. The minimum absolute atomic E-state index is 0.0218. The summed E-state index contributed by atoms with van der Waals surface area (Å²) in [6.07, 6.45) is 5.07. The van der Waals surface area contributed by atoms with Gasteiger partial charge in [-0.25, -0.2) is 8.78 Å². The van der Waals surface area contributed by atoms with E-state index in [9.17, 15) is 8.78 Å². The van der Waals surface area contributed by atoms with Crippen LogP contribution in [0.4, 0.5) is 8.78 Å². The fourth-order valence-electron chi connectivity index (χ4n) is 2.36. The van der Waals surface area contributed by atoms with Crippen LogP contribution >= 0.6 is 23.2 Å². The monoisotopic (exact) mass is 367 g/mol. The van der Waals surface area contributed by atoms with Crippen LogP contribution in [-0.2, 0) is 12.5 Å². The average molecular weight is 368 g/mol. The van der Waals surface area contributed by atoms with Crippen LogP contribution in [0.2, 0.25) is 10.0 Å². The smallest absolute Gasteiger partial charge is 0.268 e. The Kier molecular flexibility index (Phi) is 4.56. The molecule has 0 bridgehead atoms. The molecule has 2 heterocycles. The van der Waals surface area contributed by atoms with Gasteiger partial charge in [-0.1, -0.05) is 35.3 Å². The molecule has 24 heavy (non-hydrogen) atoms. The molecule has 0 saturated carbocycles. The fourth-order valence-corrected chi connectivity index (χ4v) is 2.91. The van der Waals surface area contributed by atoms with Crippen molar-refractivity contribution in [2.45, 2.75) is 19.4 Å². The van der Waals surface area contributed by atoms with E-state index < -0.39 is 5.92 Å². The Morgan fingerprint density at radius 3 is 2.58 bits per heavy atom. The quantitative estimate of drug-likeness (QED) is 0.616. The summed E-state index contributed by atoms with van der Waals surface area (Å²) in [6.45, 7) is 1.33. The first-order valence-corrected chi connectivity index (χ1v) is 7.89. The fraction of sp³-hybridized carbons (Fsp3) is 0.176. The molecule has 0 aliphatic rings. The maximum Gasteiger partial charge on any atom is 0.271 e. The zero-order valence-electron chi connectivity index (χ0n) is 12.7. The number of rotatable bonds is 4. The van der Waals surface area contributed by atoms with E-state index in [0.717, 1.165) is 12.5 Å². The van der Waals surface area contributed by atoms with Gasteiger partial charge >= 0.3 is 0 Å². The molecule has 124 valence electrons. The molecule has 0 radical (unpaired) electrons. The molecule has 3 nitrogen and oxygen atoms in total. The van der Waals surface area contributed by atoms with Crippen LogP contribution in [0.25, 0.3) is 11.3 Å². The van der Waals surface area contributed by atoms with Gasteiger partial charge in [0.15, 0.2) is 0 Å². The molecule has 0 amide bonds. The van der Waals surface area contributed by atoms with Gasteiger partial charge < -0.3 is 0 Å². The van der Waals surface area contributed by atoms with Gasteiger partial charge in [0.05, 0.1) is 22.3 Å². The van der Waals surface area contributed by atoms with Crippen molar-refractivity contribution in [1.82, 2.24) is 14.8 Å². The molecule has 0 saturated heterocycles. The van der Waals surface area contributed by atoms with Crippen molar-refractivity contribution in [2.24, 2.45) is 0 Å². The number of alkyl halides is 2. The summed E-state index contributed by atoms with van der Waals surface area (Å²) >= 11 is 11.9. The van der Waals surface area contributed by atoms with E-state index in [1.54, 1.807) is 35.4 Å². The first kappa shape index (κ1) is 16.9. The Morgan fingerprint density at radius 1 is 1.12 bits per heavy atom. The lowest BCUT2D eigenvalue weighted by atomic mass is 10.1. The predicted octanol–water partition coefficient (Wildman–Crippen LogP) is 5.41. The van der Waals surface area contributed by atoms with E-state index >= 15 is 0 Å². The molecule has 1 aromatic carbocycles. The van der Waals surface area contributed by atoms with Gasteiger partial charge in [0.1, 0.15) is 0 Å². The molecule has 3 rings (SSSR count). The van der Waals surface area contributed by atoms with Crippen LogP contribution in [0, 0.1) is 0 Å². The standard InChI is InChI=1S/C17H13Cl2F2N3/c1-17(20,21)14-3-2-12(7-15(14)19)16-4-5-24(23-16)10-11-6-13(18)9-22-8-11/h2-9H,10H2,1H3. The van der Waals surface area contributed by atoms with E-state index in [0.29, 0.717) is 22.8 Å². The van der Waals surface area contributed by atoms with Gasteiger partial charge in [-0.15, -0.1) is 0 Å². The van der Waals surface area contributed by atoms with E-state index in [4.69, 9.17) is 23.2 Å². The highest BCUT2D eigenvalue weighted by molar-refractivity contribution is 6.31. The predicted molar refractivity (Wildman–Crippen MR) is 90.6 cm³/mol. The van der Waals surface area contributed by atoms with E-state index in [1.165, 1.54) is 12.1 Å². The molecule has 0 atom stereocenters. The van der Waals surface area contributed by atoms with Crippen molar-refractivity contribution in [3.05, 3.63) is 70.1 Å². The summed E-state index contributed by atoms with van der Waals surface area (Å²) in [7, 11) is 0. The normalized spacial score (nSPS) is 11.7. The van der Waals surface area contributed by atoms with Gasteiger partial charge in [0.25, 0.3) is 5.92 Å². The Morgan fingerprint density at radius 2 is 1.92 bits per heavy atom. The zero-order valence-corrected chi connectivity index (χ0v) is 14.2. The van der Waals surface area contributed by atoms with Crippen LogP contribution in [0.1, 0.15) is 18.1 Å². The second-order valence-electron chi connectivity index (χ2n) is 5.49. The highest BCUT2D eigenvalue weighted by Gasteiger charge is 2.27. The molecule has 7 heteroatoms. The maximum absolute atomic E-state index is 13.4. The summed E-state index contributed by atoms with van der Waals surface area (Å²) in [5, 5.41) is 5.02. The molecule has 0 aliphatic heterocycles. The number of hydrogen-bond donors (Lipinski definition) is 0. The van der Waals surface area contributed by atoms with Crippen LogP contribution < -0.4 is 0 Å². The zero-order chi connectivity index (χ0) is 17.3. The van der Waals surface area contributed by atoms with Crippen molar-refractivity contribution in [2.75, 3.05) is 0 Å². The minimum atomic E-state index is -2.98. The Hall–Kier alpha value is -1.98. The van der Waals surface area contributed by atoms with E-state index in [1.807, 2.05) is 6.07 Å². The van der Waals surface area contributed by atoms with Gasteiger partial charge in [-0.2, -0.15) is 5.10 Å². The van der Waals surface area contributed by atoms with Gasteiger partial charge in [-0.05, 0) is 23.8 Å². The second kappa shape index (κ2) is 6.49. The second-order valence-corrected chi connectivity index (χ2v) is 6.34. The Bertz CT molecular complexity index is 872. The van der Waals surface area contributed by atoms with E-state index in [-0.39, 0.29) is 10.6 Å². The number of pyridine rings is 1. The molecular formula is C17H13Cl2F2N3. The third-order valence-electron chi connectivity index (χ3n) is 3.48. The lowest BCUT2D eigenvalue weighted by molar-refractivity contribution is 0.0176. The SMILES string of the molecule is CC(F)(F)c1ccc(-c2ccn(Cc3cncc(Cl)c3)n2)cc1Cl. The lowest BCUT2D eigenvalue weighted by Crippen LogP contribution is -2.07. The van der Waals surface area contributed by atoms with Gasteiger partial charge in [0, 0.05) is 36.6 Å². The third kappa shape index (κ3) is 3.74. The van der Waals surface area contributed by atoms with Gasteiger partial charge in [-0.3, -0.25) is 9.67 Å². The number of nitrogens with zero attached hydrogens (tertiary/aromatic N) is 3. The van der Waals surface area contributed by atoms with Crippen LogP contribution in [0.15, 0.2) is 48.9 Å². The summed E-state index contributed by atoms with van der Waals surface area (Å²) < 4.78 is 28.5. The van der Waals surface area contributed by atoms with Crippen LogP contribution in [0.3, 0.4) is 0 Å². The van der Waals surface area contributed by atoms with Crippen LogP contribution in [0.5, 0.6) is 0 Å². The molecule has 3 aromatic rings. The summed E-state index contributed by atoms with van der Waals surface area (Å²) in [5.74, 6) is -2.98. The van der Waals surface area contributed by atoms with Crippen molar-refractivity contribution >= 4 is 23.2 Å². The number of hydrogen-bond acceptors (Lipinski definition) is 2.